The first-order chi connectivity index (χ1) is 15.3. The summed E-state index contributed by atoms with van der Waals surface area (Å²) in [5.41, 5.74) is 2.58. The Labute approximate surface area is 189 Å². The lowest BCUT2D eigenvalue weighted by Gasteiger charge is -2.26. The van der Waals surface area contributed by atoms with Crippen molar-refractivity contribution in [2.45, 2.75) is 50.5 Å². The number of carbonyl (C=O) groups is 1. The maximum atomic E-state index is 13.0. The van der Waals surface area contributed by atoms with Crippen LogP contribution in [0.2, 0.25) is 0 Å². The van der Waals surface area contributed by atoms with E-state index in [-0.39, 0.29) is 29.8 Å². The minimum atomic E-state index is -3.66. The number of amides is 1. The first kappa shape index (κ1) is 22.6. The molecule has 2 aromatic rings. The SMILES string of the molecule is Cc1ccc(C)c(S(=O)(=O)NCCC(=O)N2CCC[C@@H]2c2ccc3c(c2)OCCCO3)c1. The molecule has 0 unspecified atom stereocenters. The molecule has 1 saturated heterocycles. The molecule has 172 valence electrons. The summed E-state index contributed by atoms with van der Waals surface area (Å²) in [6.45, 7) is 5.61. The summed E-state index contributed by atoms with van der Waals surface area (Å²) in [6, 6.07) is 11.2. The molecular weight excluding hydrogens is 428 g/mol. The van der Waals surface area contributed by atoms with E-state index in [0.29, 0.717) is 25.3 Å². The van der Waals surface area contributed by atoms with Crippen LogP contribution >= 0.6 is 0 Å². The molecule has 0 spiro atoms. The van der Waals surface area contributed by atoms with E-state index in [1.807, 2.05) is 36.1 Å². The van der Waals surface area contributed by atoms with Gasteiger partial charge in [-0.25, -0.2) is 13.1 Å². The number of hydrogen-bond acceptors (Lipinski definition) is 5. The highest BCUT2D eigenvalue weighted by molar-refractivity contribution is 7.89. The number of nitrogens with one attached hydrogen (secondary N) is 1. The van der Waals surface area contributed by atoms with E-state index in [4.69, 9.17) is 9.47 Å². The second kappa shape index (κ2) is 9.50. The molecule has 2 aromatic carbocycles. The first-order valence-corrected chi connectivity index (χ1v) is 12.6. The Morgan fingerprint density at radius 3 is 2.66 bits per heavy atom. The highest BCUT2D eigenvalue weighted by Gasteiger charge is 2.30. The summed E-state index contributed by atoms with van der Waals surface area (Å²) in [4.78, 5) is 15.1. The maximum absolute atomic E-state index is 13.0. The van der Waals surface area contributed by atoms with Crippen LogP contribution in [0.4, 0.5) is 0 Å². The third kappa shape index (κ3) is 4.91. The molecule has 4 rings (SSSR count). The van der Waals surface area contributed by atoms with E-state index in [9.17, 15) is 13.2 Å². The van der Waals surface area contributed by atoms with Gasteiger partial charge in [0.25, 0.3) is 0 Å². The van der Waals surface area contributed by atoms with Crippen molar-refractivity contribution in [3.63, 3.8) is 0 Å². The van der Waals surface area contributed by atoms with Crippen LogP contribution in [0.15, 0.2) is 41.3 Å². The van der Waals surface area contributed by atoms with Crippen molar-refractivity contribution in [1.82, 2.24) is 9.62 Å². The number of carbonyl (C=O) groups excluding carboxylic acids is 1. The molecule has 0 saturated carbocycles. The molecule has 2 aliphatic rings. The largest absolute Gasteiger partial charge is 0.490 e. The fourth-order valence-electron chi connectivity index (χ4n) is 4.31. The minimum Gasteiger partial charge on any atom is -0.490 e. The van der Waals surface area contributed by atoms with Crippen LogP contribution in [0, 0.1) is 13.8 Å². The van der Waals surface area contributed by atoms with Crippen molar-refractivity contribution in [2.24, 2.45) is 0 Å². The first-order valence-electron chi connectivity index (χ1n) is 11.1. The number of rotatable bonds is 6. The Kier molecular flexibility index (Phi) is 6.71. The Hall–Kier alpha value is -2.58. The van der Waals surface area contributed by atoms with Gasteiger partial charge in [0.2, 0.25) is 15.9 Å². The predicted octanol–water partition coefficient (Wildman–Crippen LogP) is 3.50. The normalized spacial score (nSPS) is 18.4. The zero-order chi connectivity index (χ0) is 22.7. The summed E-state index contributed by atoms with van der Waals surface area (Å²) in [7, 11) is -3.66. The van der Waals surface area contributed by atoms with Gasteiger partial charge in [0.1, 0.15) is 0 Å². The Bertz CT molecular complexity index is 1100. The molecule has 0 bridgehead atoms. The van der Waals surface area contributed by atoms with Gasteiger partial charge in [-0.1, -0.05) is 18.2 Å². The number of fused-ring (bicyclic) bond motifs is 1. The number of ether oxygens (including phenoxy) is 2. The van der Waals surface area contributed by atoms with Gasteiger partial charge < -0.3 is 14.4 Å². The lowest BCUT2D eigenvalue weighted by atomic mass is 10.0. The molecule has 0 radical (unpaired) electrons. The lowest BCUT2D eigenvalue weighted by Crippen LogP contribution is -2.34. The lowest BCUT2D eigenvalue weighted by molar-refractivity contribution is -0.131. The number of likely N-dealkylation sites (tertiary alicyclic amines) is 1. The Morgan fingerprint density at radius 1 is 1.06 bits per heavy atom. The molecule has 1 N–H and O–H groups in total. The molecule has 1 amide bonds. The highest BCUT2D eigenvalue weighted by atomic mass is 32.2. The van der Waals surface area contributed by atoms with Gasteiger partial charge in [0, 0.05) is 25.9 Å². The smallest absolute Gasteiger partial charge is 0.240 e. The molecule has 2 aliphatic heterocycles. The molecule has 1 atom stereocenters. The van der Waals surface area contributed by atoms with E-state index in [0.717, 1.165) is 41.9 Å². The van der Waals surface area contributed by atoms with Crippen LogP contribution < -0.4 is 14.2 Å². The summed E-state index contributed by atoms with van der Waals surface area (Å²) >= 11 is 0. The van der Waals surface area contributed by atoms with Crippen molar-refractivity contribution >= 4 is 15.9 Å². The fraction of sp³-hybridized carbons (Fsp3) is 0.458. The fourth-order valence-corrected chi connectivity index (χ4v) is 5.67. The standard InChI is InChI=1S/C24H30N2O5S/c1-17-6-7-18(2)23(15-17)32(28,29)25-11-10-24(27)26-12-3-5-20(26)19-8-9-21-22(16-19)31-14-4-13-30-21/h6-9,15-16,20,25H,3-5,10-14H2,1-2H3/t20-/m1/s1. The van der Waals surface area contributed by atoms with E-state index in [2.05, 4.69) is 4.72 Å². The maximum Gasteiger partial charge on any atom is 0.240 e. The van der Waals surface area contributed by atoms with Gasteiger partial charge in [-0.3, -0.25) is 4.79 Å². The number of nitrogens with zero attached hydrogens (tertiary/aromatic N) is 1. The topological polar surface area (TPSA) is 84.9 Å². The van der Waals surface area contributed by atoms with Crippen LogP contribution in [0.3, 0.4) is 0 Å². The zero-order valence-corrected chi connectivity index (χ0v) is 19.4. The second-order valence-corrected chi connectivity index (χ2v) is 10.2. The minimum absolute atomic E-state index is 0.0322. The molecule has 0 aliphatic carbocycles. The molecule has 7 nitrogen and oxygen atoms in total. The van der Waals surface area contributed by atoms with Gasteiger partial charge in [-0.2, -0.15) is 0 Å². The average molecular weight is 459 g/mol. The van der Waals surface area contributed by atoms with Crippen molar-refractivity contribution < 1.29 is 22.7 Å². The van der Waals surface area contributed by atoms with Crippen LogP contribution in [0.1, 0.15) is 48.4 Å². The van der Waals surface area contributed by atoms with Crippen LogP contribution in [0.5, 0.6) is 11.5 Å². The molecule has 32 heavy (non-hydrogen) atoms. The molecule has 8 heteroatoms. The summed E-state index contributed by atoms with van der Waals surface area (Å²) < 4.78 is 39.5. The molecular formula is C24H30N2O5S. The summed E-state index contributed by atoms with van der Waals surface area (Å²) in [5.74, 6) is 1.41. The summed E-state index contributed by atoms with van der Waals surface area (Å²) in [6.07, 6.45) is 2.75. The zero-order valence-electron chi connectivity index (χ0n) is 18.6. The Morgan fingerprint density at radius 2 is 1.84 bits per heavy atom. The van der Waals surface area contributed by atoms with E-state index >= 15 is 0 Å². The predicted molar refractivity (Wildman–Crippen MR) is 121 cm³/mol. The van der Waals surface area contributed by atoms with E-state index < -0.39 is 10.0 Å². The van der Waals surface area contributed by atoms with Gasteiger partial charge >= 0.3 is 0 Å². The number of benzene rings is 2. The van der Waals surface area contributed by atoms with Crippen molar-refractivity contribution in [2.75, 3.05) is 26.3 Å². The monoisotopic (exact) mass is 458 g/mol. The second-order valence-electron chi connectivity index (χ2n) is 8.42. The number of aryl methyl sites for hydroxylation is 2. The van der Waals surface area contributed by atoms with Gasteiger partial charge in [0.15, 0.2) is 11.5 Å². The van der Waals surface area contributed by atoms with Crippen LogP contribution in [0.25, 0.3) is 0 Å². The molecule has 2 heterocycles. The Balaban J connectivity index is 1.40. The van der Waals surface area contributed by atoms with Gasteiger partial charge in [0.05, 0.1) is 24.2 Å². The number of sulfonamides is 1. The summed E-state index contributed by atoms with van der Waals surface area (Å²) in [5, 5.41) is 0. The van der Waals surface area contributed by atoms with Crippen LogP contribution in [-0.2, 0) is 14.8 Å². The van der Waals surface area contributed by atoms with Crippen molar-refractivity contribution in [1.29, 1.82) is 0 Å². The molecule has 1 fully saturated rings. The van der Waals surface area contributed by atoms with Gasteiger partial charge in [-0.15, -0.1) is 0 Å². The quantitative estimate of drug-likeness (QED) is 0.716. The average Bonchev–Trinajstić information content (AvgIpc) is 3.14. The molecule has 0 aromatic heterocycles. The van der Waals surface area contributed by atoms with Crippen molar-refractivity contribution in [3.8, 4) is 11.5 Å². The van der Waals surface area contributed by atoms with E-state index in [1.54, 1.807) is 19.1 Å². The number of hydrogen-bond donors (Lipinski definition) is 1. The van der Waals surface area contributed by atoms with E-state index in [1.165, 1.54) is 0 Å². The third-order valence-corrected chi connectivity index (χ3v) is 7.60. The third-order valence-electron chi connectivity index (χ3n) is 5.99. The van der Waals surface area contributed by atoms with Gasteiger partial charge in [-0.05, 0) is 61.6 Å². The highest BCUT2D eigenvalue weighted by Crippen LogP contribution is 2.38. The van der Waals surface area contributed by atoms with Crippen LogP contribution in [-0.4, -0.2) is 45.5 Å². The van der Waals surface area contributed by atoms with Crippen molar-refractivity contribution in [3.05, 3.63) is 53.1 Å².